The number of nitrogens with zero attached hydrogens (tertiary/aromatic N) is 1. The van der Waals surface area contributed by atoms with Gasteiger partial charge in [0, 0.05) is 19.1 Å². The number of alkyl halides is 1. The van der Waals surface area contributed by atoms with Crippen LogP contribution in [0.1, 0.15) is 18.4 Å². The highest BCUT2D eigenvalue weighted by Gasteiger charge is 2.25. The fourth-order valence-electron chi connectivity index (χ4n) is 2.19. The van der Waals surface area contributed by atoms with Crippen LogP contribution in [0.25, 0.3) is 0 Å². The van der Waals surface area contributed by atoms with Crippen LogP contribution in [0.2, 0.25) is 0 Å². The van der Waals surface area contributed by atoms with Crippen molar-refractivity contribution in [2.45, 2.75) is 31.5 Å². The van der Waals surface area contributed by atoms with Crippen molar-refractivity contribution in [2.75, 3.05) is 19.6 Å². The third kappa shape index (κ3) is 4.03. The second kappa shape index (κ2) is 6.25. The van der Waals surface area contributed by atoms with Gasteiger partial charge in [-0.1, -0.05) is 12.1 Å². The summed E-state index contributed by atoms with van der Waals surface area (Å²) in [4.78, 5) is 2.09. The molecule has 2 rings (SSSR count). The summed E-state index contributed by atoms with van der Waals surface area (Å²) in [5, 5.41) is 0. The lowest BCUT2D eigenvalue weighted by atomic mass is 10.0. The summed E-state index contributed by atoms with van der Waals surface area (Å²) >= 11 is 0. The summed E-state index contributed by atoms with van der Waals surface area (Å²) in [7, 11) is 0. The van der Waals surface area contributed by atoms with E-state index in [4.69, 9.17) is 5.73 Å². The van der Waals surface area contributed by atoms with E-state index in [0.717, 1.165) is 31.4 Å². The molecule has 1 saturated heterocycles. The molecule has 1 aliphatic heterocycles. The minimum Gasteiger partial charge on any atom is -0.328 e. The molecule has 100 valence electrons. The van der Waals surface area contributed by atoms with Gasteiger partial charge in [0.25, 0.3) is 0 Å². The van der Waals surface area contributed by atoms with Crippen LogP contribution in [0.4, 0.5) is 8.78 Å². The molecule has 0 unspecified atom stereocenters. The van der Waals surface area contributed by atoms with E-state index in [9.17, 15) is 8.78 Å². The Kier molecular flexibility index (Phi) is 4.66. The predicted molar refractivity (Wildman–Crippen MR) is 68.6 cm³/mol. The molecule has 1 aliphatic rings. The first kappa shape index (κ1) is 13.4. The van der Waals surface area contributed by atoms with E-state index in [1.807, 2.05) is 0 Å². The van der Waals surface area contributed by atoms with Crippen LogP contribution in [0.5, 0.6) is 0 Å². The molecule has 2 nitrogen and oxygen atoms in total. The molecule has 1 fully saturated rings. The molecule has 18 heavy (non-hydrogen) atoms. The summed E-state index contributed by atoms with van der Waals surface area (Å²) in [5.41, 5.74) is 7.13. The maximum absolute atomic E-state index is 12.7. The topological polar surface area (TPSA) is 29.3 Å². The smallest absolute Gasteiger partial charge is 0.125 e. The number of hydrogen-bond acceptors (Lipinski definition) is 2. The highest BCUT2D eigenvalue weighted by molar-refractivity contribution is 5.16. The van der Waals surface area contributed by atoms with Gasteiger partial charge < -0.3 is 5.73 Å². The van der Waals surface area contributed by atoms with Crippen molar-refractivity contribution in [1.82, 2.24) is 4.90 Å². The highest BCUT2D eigenvalue weighted by atomic mass is 19.1. The van der Waals surface area contributed by atoms with Crippen LogP contribution in [-0.4, -0.2) is 36.7 Å². The van der Waals surface area contributed by atoms with Gasteiger partial charge in [-0.2, -0.15) is 0 Å². The Labute approximate surface area is 107 Å². The average Bonchev–Trinajstić information content (AvgIpc) is 2.32. The van der Waals surface area contributed by atoms with Crippen molar-refractivity contribution < 1.29 is 8.78 Å². The fourth-order valence-corrected chi connectivity index (χ4v) is 2.19. The van der Waals surface area contributed by atoms with Gasteiger partial charge in [-0.15, -0.1) is 0 Å². The van der Waals surface area contributed by atoms with E-state index in [2.05, 4.69) is 4.90 Å². The van der Waals surface area contributed by atoms with E-state index in [-0.39, 0.29) is 11.9 Å². The lowest BCUT2D eigenvalue weighted by molar-refractivity contribution is 0.0631. The number of rotatable bonds is 6. The van der Waals surface area contributed by atoms with Gasteiger partial charge in [-0.3, -0.25) is 4.90 Å². The maximum Gasteiger partial charge on any atom is 0.125 e. The number of halogens is 2. The Morgan fingerprint density at radius 1 is 1.22 bits per heavy atom. The summed E-state index contributed by atoms with van der Waals surface area (Å²) in [5.74, 6) is -0.207. The third-order valence-electron chi connectivity index (χ3n) is 3.45. The van der Waals surface area contributed by atoms with Crippen molar-refractivity contribution in [1.29, 1.82) is 0 Å². The van der Waals surface area contributed by atoms with Gasteiger partial charge in [0.2, 0.25) is 0 Å². The van der Waals surface area contributed by atoms with E-state index < -0.39 is 6.17 Å². The summed E-state index contributed by atoms with van der Waals surface area (Å²) in [6, 6.07) is 6.68. The zero-order valence-electron chi connectivity index (χ0n) is 10.5. The first-order valence-corrected chi connectivity index (χ1v) is 6.50. The molecule has 0 saturated carbocycles. The molecule has 0 aliphatic carbocycles. The summed E-state index contributed by atoms with van der Waals surface area (Å²) < 4.78 is 25.3. The normalized spacial score (nSPS) is 18.6. The lowest BCUT2D eigenvalue weighted by Gasteiger charge is -2.34. The number of benzene rings is 1. The molecule has 1 aromatic rings. The second-order valence-electron chi connectivity index (χ2n) is 5.07. The van der Waals surface area contributed by atoms with Crippen LogP contribution in [0, 0.1) is 5.82 Å². The first-order valence-electron chi connectivity index (χ1n) is 6.50. The Hall–Kier alpha value is -1.00. The largest absolute Gasteiger partial charge is 0.328 e. The Bertz CT molecular complexity index is 361. The number of likely N-dealkylation sites (tertiary alicyclic amines) is 1. The quantitative estimate of drug-likeness (QED) is 0.842. The molecule has 0 bridgehead atoms. The van der Waals surface area contributed by atoms with Gasteiger partial charge in [-0.25, -0.2) is 8.78 Å². The molecule has 0 radical (unpaired) electrons. The van der Waals surface area contributed by atoms with Crippen LogP contribution < -0.4 is 5.73 Å². The van der Waals surface area contributed by atoms with Gasteiger partial charge >= 0.3 is 0 Å². The van der Waals surface area contributed by atoms with Crippen LogP contribution in [0.15, 0.2) is 24.3 Å². The molecule has 4 heteroatoms. The molecule has 1 heterocycles. The molecule has 1 aromatic carbocycles. The minimum atomic E-state index is -0.638. The molecule has 0 spiro atoms. The zero-order valence-corrected chi connectivity index (χ0v) is 10.5. The van der Waals surface area contributed by atoms with E-state index in [1.54, 1.807) is 12.1 Å². The Morgan fingerprint density at radius 2 is 1.89 bits per heavy atom. The van der Waals surface area contributed by atoms with Crippen LogP contribution >= 0.6 is 0 Å². The molecular formula is C14H20F2N2. The molecule has 0 aromatic heterocycles. The Morgan fingerprint density at radius 3 is 2.50 bits per heavy atom. The first-order chi connectivity index (χ1) is 8.63. The van der Waals surface area contributed by atoms with E-state index in [1.165, 1.54) is 12.1 Å². The van der Waals surface area contributed by atoms with E-state index in [0.29, 0.717) is 13.1 Å². The minimum absolute atomic E-state index is 0.133. The molecule has 1 atom stereocenters. The maximum atomic E-state index is 12.7. The standard InChI is InChI=1S/C14H20F2N2/c15-12-4-1-11(2-5-12)3-6-14(17)7-8-18-9-13(16)10-18/h1-2,4-5,13-14H,3,6-10,17H2/t14-/m0/s1. The average molecular weight is 254 g/mol. The lowest BCUT2D eigenvalue weighted by Crippen LogP contribution is -2.49. The zero-order chi connectivity index (χ0) is 13.0. The fraction of sp³-hybridized carbons (Fsp3) is 0.571. The van der Waals surface area contributed by atoms with Crippen molar-refractivity contribution in [3.63, 3.8) is 0 Å². The third-order valence-corrected chi connectivity index (χ3v) is 3.45. The van der Waals surface area contributed by atoms with Crippen LogP contribution in [-0.2, 0) is 6.42 Å². The van der Waals surface area contributed by atoms with Gasteiger partial charge in [0.05, 0.1) is 0 Å². The molecule has 2 N–H and O–H groups in total. The molecular weight excluding hydrogens is 234 g/mol. The van der Waals surface area contributed by atoms with Gasteiger partial charge in [-0.05, 0) is 43.5 Å². The monoisotopic (exact) mass is 254 g/mol. The summed E-state index contributed by atoms with van der Waals surface area (Å²) in [6.07, 6.45) is 2.01. The van der Waals surface area contributed by atoms with Crippen molar-refractivity contribution in [3.05, 3.63) is 35.6 Å². The Balaban J connectivity index is 1.62. The number of aryl methyl sites for hydroxylation is 1. The van der Waals surface area contributed by atoms with Gasteiger partial charge in [0.1, 0.15) is 12.0 Å². The number of nitrogens with two attached hydrogens (primary N) is 1. The number of hydrogen-bond donors (Lipinski definition) is 1. The highest BCUT2D eigenvalue weighted by Crippen LogP contribution is 2.13. The van der Waals surface area contributed by atoms with Crippen LogP contribution in [0.3, 0.4) is 0 Å². The van der Waals surface area contributed by atoms with Crippen molar-refractivity contribution in [2.24, 2.45) is 5.73 Å². The SMILES string of the molecule is N[C@@H](CCc1ccc(F)cc1)CCN1CC(F)C1. The van der Waals surface area contributed by atoms with Crippen molar-refractivity contribution in [3.8, 4) is 0 Å². The molecule has 0 amide bonds. The van der Waals surface area contributed by atoms with Crippen molar-refractivity contribution >= 4 is 0 Å². The second-order valence-corrected chi connectivity index (χ2v) is 5.07. The summed E-state index contributed by atoms with van der Waals surface area (Å²) in [6.45, 7) is 2.00. The van der Waals surface area contributed by atoms with Gasteiger partial charge in [0.15, 0.2) is 0 Å². The predicted octanol–water partition coefficient (Wildman–Crippen LogP) is 2.13. The van der Waals surface area contributed by atoms with E-state index >= 15 is 0 Å².